The molecule has 2 N–H and O–H groups in total. The minimum Gasteiger partial charge on any atom is -0.493 e. The Labute approximate surface area is 186 Å². The van der Waals surface area contributed by atoms with Crippen molar-refractivity contribution in [3.8, 4) is 17.2 Å². The van der Waals surface area contributed by atoms with Crippen LogP contribution in [-0.2, 0) is 14.3 Å². The summed E-state index contributed by atoms with van der Waals surface area (Å²) in [6.07, 6.45) is 0. The van der Waals surface area contributed by atoms with Crippen LogP contribution in [0.3, 0.4) is 0 Å². The maximum absolute atomic E-state index is 12.4. The van der Waals surface area contributed by atoms with Crippen LogP contribution in [0.15, 0.2) is 30.3 Å². The molecule has 2 aromatic carbocycles. The predicted octanol–water partition coefficient (Wildman–Crippen LogP) is 1.63. The van der Waals surface area contributed by atoms with E-state index in [2.05, 4.69) is 19.4 Å². The molecule has 3 rings (SSSR count). The van der Waals surface area contributed by atoms with Crippen LogP contribution in [-0.4, -0.2) is 61.0 Å². The van der Waals surface area contributed by atoms with Gasteiger partial charge in [-0.1, -0.05) is 6.07 Å². The van der Waals surface area contributed by atoms with Crippen molar-refractivity contribution in [2.24, 2.45) is 0 Å². The van der Waals surface area contributed by atoms with Gasteiger partial charge in [0.2, 0.25) is 5.75 Å². The number of hydrogen-bond donors (Lipinski definition) is 2. The number of carbonyl (C=O) groups excluding carboxylic acids is 3. The number of nitrogens with zero attached hydrogens (tertiary/aromatic N) is 2. The predicted molar refractivity (Wildman–Crippen MR) is 115 cm³/mol. The molecule has 168 valence electrons. The zero-order valence-corrected chi connectivity index (χ0v) is 18.3. The molecule has 12 heteroatoms. The number of nitrogens with one attached hydrogen (secondary N) is 2. The molecule has 32 heavy (non-hydrogen) atoms. The Hall–Kier alpha value is -3.93. The lowest BCUT2D eigenvalue weighted by molar-refractivity contribution is -0.146. The molecular weight excluding hydrogens is 440 g/mol. The average molecular weight is 460 g/mol. The third kappa shape index (κ3) is 5.21. The third-order valence-corrected chi connectivity index (χ3v) is 4.79. The Morgan fingerprint density at radius 2 is 1.72 bits per heavy atom. The van der Waals surface area contributed by atoms with E-state index in [9.17, 15) is 14.4 Å². The number of methoxy groups -OCH3 is 3. The first-order valence-corrected chi connectivity index (χ1v) is 9.94. The van der Waals surface area contributed by atoms with Gasteiger partial charge in [0.1, 0.15) is 17.6 Å². The number of fused-ring (bicyclic) bond motifs is 1. The summed E-state index contributed by atoms with van der Waals surface area (Å²) in [4.78, 5) is 36.4. The van der Waals surface area contributed by atoms with Crippen LogP contribution in [0.5, 0.6) is 17.2 Å². The van der Waals surface area contributed by atoms with Gasteiger partial charge in [0.25, 0.3) is 11.8 Å². The van der Waals surface area contributed by atoms with Crippen molar-refractivity contribution in [2.75, 3.05) is 39.8 Å². The number of hydrogen-bond acceptors (Lipinski definition) is 10. The van der Waals surface area contributed by atoms with E-state index in [1.54, 1.807) is 18.2 Å². The highest BCUT2D eigenvalue weighted by Crippen LogP contribution is 2.38. The van der Waals surface area contributed by atoms with E-state index in [1.165, 1.54) is 33.5 Å². The van der Waals surface area contributed by atoms with Crippen LogP contribution in [0.4, 0.5) is 5.69 Å². The van der Waals surface area contributed by atoms with Gasteiger partial charge in [-0.3, -0.25) is 14.4 Å². The summed E-state index contributed by atoms with van der Waals surface area (Å²) in [5.74, 6) is -0.970. The van der Waals surface area contributed by atoms with E-state index in [-0.39, 0.29) is 5.56 Å². The largest absolute Gasteiger partial charge is 0.493 e. The van der Waals surface area contributed by atoms with Crippen molar-refractivity contribution in [1.29, 1.82) is 0 Å². The lowest BCUT2D eigenvalue weighted by Gasteiger charge is -2.14. The molecule has 0 unspecified atom stereocenters. The van der Waals surface area contributed by atoms with Crippen molar-refractivity contribution in [3.05, 3.63) is 35.9 Å². The Bertz CT molecular complexity index is 1120. The number of benzene rings is 2. The van der Waals surface area contributed by atoms with Crippen molar-refractivity contribution < 1.29 is 33.3 Å². The average Bonchev–Trinajstić information content (AvgIpc) is 3.30. The van der Waals surface area contributed by atoms with Crippen LogP contribution in [0, 0.1) is 0 Å². The summed E-state index contributed by atoms with van der Waals surface area (Å²) in [5, 5.41) is 5.03. The Morgan fingerprint density at radius 3 is 2.38 bits per heavy atom. The summed E-state index contributed by atoms with van der Waals surface area (Å²) >= 11 is 1.03. The maximum Gasteiger partial charge on any atom is 0.325 e. The first-order chi connectivity index (χ1) is 15.5. The molecule has 0 aliphatic carbocycles. The van der Waals surface area contributed by atoms with Gasteiger partial charge < -0.3 is 29.6 Å². The van der Waals surface area contributed by atoms with Crippen LogP contribution in [0.1, 0.15) is 10.4 Å². The lowest BCUT2D eigenvalue weighted by atomic mass is 10.1. The van der Waals surface area contributed by atoms with Gasteiger partial charge in [-0.15, -0.1) is 0 Å². The molecule has 11 nitrogen and oxygen atoms in total. The number of carbonyl (C=O) groups is 3. The molecule has 0 saturated heterocycles. The molecule has 2 amide bonds. The second-order valence-electron chi connectivity index (χ2n) is 6.24. The number of ether oxygens (including phenoxy) is 4. The van der Waals surface area contributed by atoms with Gasteiger partial charge in [-0.05, 0) is 24.3 Å². The Balaban J connectivity index is 1.52. The zero-order chi connectivity index (χ0) is 23.1. The monoisotopic (exact) mass is 460 g/mol. The van der Waals surface area contributed by atoms with E-state index >= 15 is 0 Å². The first-order valence-electron chi connectivity index (χ1n) is 9.21. The molecule has 0 atom stereocenters. The molecule has 1 aromatic heterocycles. The summed E-state index contributed by atoms with van der Waals surface area (Å²) < 4.78 is 28.7. The van der Waals surface area contributed by atoms with Gasteiger partial charge >= 0.3 is 5.97 Å². The normalized spacial score (nSPS) is 10.3. The van der Waals surface area contributed by atoms with Gasteiger partial charge in [0.05, 0.1) is 38.7 Å². The number of anilines is 1. The molecule has 1 heterocycles. The molecule has 3 aromatic rings. The molecule has 0 saturated carbocycles. The second-order valence-corrected chi connectivity index (χ2v) is 6.77. The topological polar surface area (TPSA) is 138 Å². The number of rotatable bonds is 9. The van der Waals surface area contributed by atoms with E-state index < -0.39 is 30.9 Å². The first kappa shape index (κ1) is 22.7. The highest BCUT2D eigenvalue weighted by molar-refractivity contribution is 7.00. The smallest absolute Gasteiger partial charge is 0.325 e. The number of esters is 1. The van der Waals surface area contributed by atoms with Crippen molar-refractivity contribution in [3.63, 3.8) is 0 Å². The Morgan fingerprint density at radius 1 is 1.00 bits per heavy atom. The highest BCUT2D eigenvalue weighted by atomic mass is 32.1. The SMILES string of the molecule is COc1cc(C(=O)NCC(=O)OCC(=O)Nc2cccc3nsnc23)cc(OC)c1OC. The van der Waals surface area contributed by atoms with Gasteiger partial charge in [0, 0.05) is 5.56 Å². The van der Waals surface area contributed by atoms with Gasteiger partial charge in [0.15, 0.2) is 18.1 Å². The molecule has 0 bridgehead atoms. The van der Waals surface area contributed by atoms with Crippen LogP contribution in [0.2, 0.25) is 0 Å². The van der Waals surface area contributed by atoms with E-state index in [4.69, 9.17) is 18.9 Å². The molecule has 0 aliphatic rings. The summed E-state index contributed by atoms with van der Waals surface area (Å²) in [7, 11) is 4.29. The van der Waals surface area contributed by atoms with E-state index in [0.29, 0.717) is 34.0 Å². The quantitative estimate of drug-likeness (QED) is 0.456. The minimum absolute atomic E-state index is 0.190. The summed E-state index contributed by atoms with van der Waals surface area (Å²) in [5.41, 5.74) is 1.86. The van der Waals surface area contributed by atoms with Crippen molar-refractivity contribution in [1.82, 2.24) is 14.1 Å². The standard InChI is InChI=1S/C20H20N4O7S/c1-28-14-7-11(8-15(29-2)19(14)30-3)20(27)21-9-17(26)31-10-16(25)22-12-5-4-6-13-18(12)24-32-23-13/h4-8H,9-10H2,1-3H3,(H,21,27)(H,22,25). The van der Waals surface area contributed by atoms with E-state index in [0.717, 1.165) is 11.7 Å². The fourth-order valence-electron chi connectivity index (χ4n) is 2.76. The highest BCUT2D eigenvalue weighted by Gasteiger charge is 2.18. The molecule has 0 aliphatic heterocycles. The minimum atomic E-state index is -0.783. The number of amides is 2. The lowest BCUT2D eigenvalue weighted by Crippen LogP contribution is -2.32. The van der Waals surface area contributed by atoms with Crippen LogP contribution in [0.25, 0.3) is 11.0 Å². The summed E-state index contributed by atoms with van der Waals surface area (Å²) in [6.45, 7) is -0.957. The molecular formula is C20H20N4O7S. The summed E-state index contributed by atoms with van der Waals surface area (Å²) in [6, 6.07) is 8.06. The Kier molecular flexibility index (Phi) is 7.39. The van der Waals surface area contributed by atoms with Crippen molar-refractivity contribution in [2.45, 2.75) is 0 Å². The van der Waals surface area contributed by atoms with Gasteiger partial charge in [-0.25, -0.2) is 0 Å². The van der Waals surface area contributed by atoms with Gasteiger partial charge in [-0.2, -0.15) is 8.75 Å². The number of aromatic nitrogens is 2. The van der Waals surface area contributed by atoms with Crippen molar-refractivity contribution >= 4 is 46.2 Å². The fraction of sp³-hybridized carbons (Fsp3) is 0.250. The molecule has 0 fully saturated rings. The second kappa shape index (κ2) is 10.4. The fourth-order valence-corrected chi connectivity index (χ4v) is 3.31. The third-order valence-electron chi connectivity index (χ3n) is 4.24. The maximum atomic E-state index is 12.4. The molecule has 0 spiro atoms. The van der Waals surface area contributed by atoms with Crippen LogP contribution < -0.4 is 24.8 Å². The van der Waals surface area contributed by atoms with Crippen LogP contribution >= 0.6 is 11.7 Å². The van der Waals surface area contributed by atoms with E-state index in [1.807, 2.05) is 0 Å². The zero-order valence-electron chi connectivity index (χ0n) is 17.5. The molecule has 0 radical (unpaired) electrons.